The topological polar surface area (TPSA) is 186 Å². The highest BCUT2D eigenvalue weighted by atomic mass is 16.5. The van der Waals surface area contributed by atoms with Crippen molar-refractivity contribution in [3.8, 4) is 0 Å². The van der Waals surface area contributed by atoms with Gasteiger partial charge in [0.2, 0.25) is 11.8 Å². The van der Waals surface area contributed by atoms with Crippen LogP contribution in [0.25, 0.3) is 24.3 Å². The molecule has 1 aromatic carbocycles. The van der Waals surface area contributed by atoms with Gasteiger partial charge in [-0.15, -0.1) is 0 Å². The molecule has 4 atom stereocenters. The molecule has 4 amide bonds. The number of rotatable bonds is 10. The number of benzene rings is 1. The fraction of sp³-hybridized carbons (Fsp3) is 0.394. The number of ether oxygens (including phenoxy) is 1. The van der Waals surface area contributed by atoms with E-state index in [0.29, 0.717) is 24.7 Å². The maximum absolute atomic E-state index is 12.9. The molecule has 2 fully saturated rings. The Balaban J connectivity index is 1.16. The average molecular weight is 645 g/mol. The zero-order valence-corrected chi connectivity index (χ0v) is 26.6. The summed E-state index contributed by atoms with van der Waals surface area (Å²) in [7, 11) is 1.26. The number of nitrogens with zero attached hydrogens (tertiary/aromatic N) is 4. The van der Waals surface area contributed by atoms with E-state index in [0.717, 1.165) is 48.2 Å². The molecule has 0 bridgehead atoms. The van der Waals surface area contributed by atoms with E-state index in [1.54, 1.807) is 29.8 Å². The van der Waals surface area contributed by atoms with Crippen LogP contribution < -0.4 is 10.6 Å². The van der Waals surface area contributed by atoms with Crippen LogP contribution in [0.5, 0.6) is 0 Å². The second kappa shape index (κ2) is 14.8. The van der Waals surface area contributed by atoms with Crippen LogP contribution in [-0.2, 0) is 14.3 Å². The molecule has 3 aromatic rings. The number of imidazole rings is 2. The highest BCUT2D eigenvalue weighted by Gasteiger charge is 2.35. The van der Waals surface area contributed by atoms with Gasteiger partial charge >= 0.3 is 12.2 Å². The van der Waals surface area contributed by atoms with Gasteiger partial charge < -0.3 is 40.2 Å². The van der Waals surface area contributed by atoms with E-state index in [9.17, 15) is 19.2 Å². The summed E-state index contributed by atoms with van der Waals surface area (Å²) in [4.78, 5) is 67.4. The number of likely N-dealkylation sites (tertiary alicyclic amines) is 2. The number of methoxy groups -OCH3 is 1. The zero-order valence-electron chi connectivity index (χ0n) is 26.6. The molecule has 2 aliphatic rings. The molecule has 47 heavy (non-hydrogen) atoms. The van der Waals surface area contributed by atoms with Gasteiger partial charge in [0.25, 0.3) is 0 Å². The number of alkyl carbamates (subject to hydrolysis) is 1. The first kappa shape index (κ1) is 33.0. The summed E-state index contributed by atoms with van der Waals surface area (Å²) in [6, 6.07) is 6.06. The molecule has 2 saturated heterocycles. The zero-order chi connectivity index (χ0) is 33.5. The monoisotopic (exact) mass is 644 g/mol. The molecular weight excluding hydrogens is 604 g/mol. The summed E-state index contributed by atoms with van der Waals surface area (Å²) >= 11 is 0. The van der Waals surface area contributed by atoms with E-state index >= 15 is 0 Å². The van der Waals surface area contributed by atoms with Crippen LogP contribution in [0, 0.1) is 0 Å². The maximum atomic E-state index is 12.9. The van der Waals surface area contributed by atoms with E-state index in [1.807, 2.05) is 54.8 Å². The number of amides is 4. The van der Waals surface area contributed by atoms with Crippen molar-refractivity contribution in [2.24, 2.45) is 0 Å². The van der Waals surface area contributed by atoms with Crippen molar-refractivity contribution in [2.45, 2.75) is 63.7 Å². The van der Waals surface area contributed by atoms with Crippen molar-refractivity contribution in [2.75, 3.05) is 20.2 Å². The molecule has 4 heterocycles. The van der Waals surface area contributed by atoms with E-state index in [1.165, 1.54) is 7.11 Å². The number of carboxylic acid groups (broad SMARTS) is 1. The van der Waals surface area contributed by atoms with Gasteiger partial charge in [-0.25, -0.2) is 19.6 Å². The van der Waals surface area contributed by atoms with Crippen molar-refractivity contribution in [1.29, 1.82) is 0 Å². The van der Waals surface area contributed by atoms with Gasteiger partial charge in [0, 0.05) is 25.5 Å². The first-order chi connectivity index (χ1) is 22.6. The van der Waals surface area contributed by atoms with Crippen molar-refractivity contribution >= 4 is 48.3 Å². The number of hydrogen-bond donors (Lipinski definition) is 5. The number of H-pyrrole nitrogens is 2. The Kier molecular flexibility index (Phi) is 10.4. The predicted molar refractivity (Wildman–Crippen MR) is 174 cm³/mol. The number of carbonyl (C=O) groups is 4. The Morgan fingerprint density at radius 1 is 0.809 bits per heavy atom. The van der Waals surface area contributed by atoms with Crippen molar-refractivity contribution in [3.05, 3.63) is 70.8 Å². The Labute approximate surface area is 272 Å². The van der Waals surface area contributed by atoms with E-state index in [4.69, 9.17) is 10.1 Å². The van der Waals surface area contributed by atoms with Crippen LogP contribution >= 0.6 is 0 Å². The molecule has 5 N–H and O–H groups in total. The van der Waals surface area contributed by atoms with Gasteiger partial charge in [-0.1, -0.05) is 36.4 Å². The lowest BCUT2D eigenvalue weighted by molar-refractivity contribution is -0.134. The van der Waals surface area contributed by atoms with Crippen LogP contribution in [0.2, 0.25) is 0 Å². The Morgan fingerprint density at radius 3 is 1.68 bits per heavy atom. The van der Waals surface area contributed by atoms with Gasteiger partial charge in [-0.05, 0) is 62.8 Å². The van der Waals surface area contributed by atoms with E-state index in [2.05, 4.69) is 30.3 Å². The summed E-state index contributed by atoms with van der Waals surface area (Å²) in [6.07, 6.45) is 12.7. The van der Waals surface area contributed by atoms with Crippen LogP contribution in [0.1, 0.15) is 85.8 Å². The molecule has 2 aromatic heterocycles. The molecule has 14 heteroatoms. The highest BCUT2D eigenvalue weighted by molar-refractivity contribution is 5.86. The standard InChI is InChI=1S/C33H40N8O6/c1-20(36-32(44)45)30(42)40-16-4-6-26(40)28-34-18-24(38-28)14-12-22-8-10-23(11-9-22)13-15-25-19-35-29(39-25)27-7-5-17-41(27)31(43)21(2)37-33(46)47-3/h8-15,18-21,26-27,36H,4-7,16-17H2,1-3H3,(H,34,38)(H,35,39)(H,37,46)(H,44,45)/t20-,21-,26-,27-/m0/s1. The minimum atomic E-state index is -1.23. The molecule has 14 nitrogen and oxygen atoms in total. The van der Waals surface area contributed by atoms with Crippen LogP contribution in [0.3, 0.4) is 0 Å². The van der Waals surface area contributed by atoms with Gasteiger partial charge in [-0.3, -0.25) is 9.59 Å². The minimum absolute atomic E-state index is 0.178. The number of aromatic amines is 2. The minimum Gasteiger partial charge on any atom is -0.465 e. The van der Waals surface area contributed by atoms with E-state index in [-0.39, 0.29) is 23.9 Å². The van der Waals surface area contributed by atoms with Crippen LogP contribution in [0.4, 0.5) is 9.59 Å². The summed E-state index contributed by atoms with van der Waals surface area (Å²) < 4.78 is 4.61. The lowest BCUT2D eigenvalue weighted by Gasteiger charge is -2.26. The highest BCUT2D eigenvalue weighted by Crippen LogP contribution is 2.32. The molecule has 0 unspecified atom stereocenters. The van der Waals surface area contributed by atoms with Gasteiger partial charge in [0.05, 0.1) is 30.6 Å². The summed E-state index contributed by atoms with van der Waals surface area (Å²) in [5, 5.41) is 13.7. The molecule has 0 spiro atoms. The second-order valence-electron chi connectivity index (χ2n) is 11.7. The lowest BCUT2D eigenvalue weighted by atomic mass is 10.1. The van der Waals surface area contributed by atoms with E-state index < -0.39 is 24.3 Å². The van der Waals surface area contributed by atoms with Crippen LogP contribution in [0.15, 0.2) is 36.7 Å². The first-order valence-electron chi connectivity index (χ1n) is 15.6. The predicted octanol–water partition coefficient (Wildman–Crippen LogP) is 4.20. The fourth-order valence-electron chi connectivity index (χ4n) is 5.97. The van der Waals surface area contributed by atoms with Gasteiger partial charge in [-0.2, -0.15) is 0 Å². The largest absolute Gasteiger partial charge is 0.465 e. The quantitative estimate of drug-likeness (QED) is 0.217. The van der Waals surface area contributed by atoms with Gasteiger partial charge in [0.1, 0.15) is 23.7 Å². The SMILES string of the molecule is COC(=O)N[C@@H](C)C(=O)N1CCC[C@H]1c1nc(C=Cc2ccc(C=Cc3c[nH]c([C@@H]4CCCN4C(=O)[C@H](C)NC(=O)O)n3)cc2)c[nH]1. The summed E-state index contributed by atoms with van der Waals surface area (Å²) in [5.74, 6) is 0.943. The third-order valence-electron chi connectivity index (χ3n) is 8.37. The molecule has 0 radical (unpaired) electrons. The number of nitrogens with one attached hydrogen (secondary N) is 4. The van der Waals surface area contributed by atoms with Gasteiger partial charge in [0.15, 0.2) is 0 Å². The Morgan fingerprint density at radius 2 is 1.26 bits per heavy atom. The third-order valence-corrected chi connectivity index (χ3v) is 8.37. The van der Waals surface area contributed by atoms with Crippen molar-refractivity contribution < 1.29 is 29.0 Å². The van der Waals surface area contributed by atoms with Crippen LogP contribution in [-0.4, -0.2) is 91.1 Å². The third kappa shape index (κ3) is 8.07. The average Bonchev–Trinajstić information content (AvgIpc) is 3.88. The summed E-state index contributed by atoms with van der Waals surface area (Å²) in [6.45, 7) is 4.34. The maximum Gasteiger partial charge on any atom is 0.407 e. The van der Waals surface area contributed by atoms with Crippen molar-refractivity contribution in [3.63, 3.8) is 0 Å². The Bertz CT molecular complexity index is 1640. The Hall–Kier alpha value is -5.40. The first-order valence-corrected chi connectivity index (χ1v) is 15.6. The smallest absolute Gasteiger partial charge is 0.407 e. The molecule has 248 valence electrons. The molecule has 5 rings (SSSR count). The van der Waals surface area contributed by atoms with Crippen molar-refractivity contribution in [1.82, 2.24) is 40.4 Å². The fourth-order valence-corrected chi connectivity index (χ4v) is 5.97. The number of aromatic nitrogens is 4. The molecule has 0 aliphatic carbocycles. The molecular formula is C33H40N8O6. The second-order valence-corrected chi connectivity index (χ2v) is 11.7. The molecule has 2 aliphatic heterocycles. The normalized spacial score (nSPS) is 19.3. The number of hydrogen-bond acceptors (Lipinski definition) is 7. The summed E-state index contributed by atoms with van der Waals surface area (Å²) in [5.41, 5.74) is 3.45. The number of carbonyl (C=O) groups excluding carboxylic acids is 3. The molecule has 0 saturated carbocycles. The lowest BCUT2D eigenvalue weighted by Crippen LogP contribution is -2.46.